The van der Waals surface area contributed by atoms with E-state index < -0.39 is 10.0 Å². The molecule has 0 aromatic heterocycles. The standard InChI is InChI=1S/C20H18ClNO2S/c1-16-19(21)13-8-14-20(16)25(23,24)22(18-11-6-3-7-12-18)15-17-9-4-2-5-10-17/h2-14H,15H2,1H3. The number of hydrogen-bond acceptors (Lipinski definition) is 2. The van der Waals surface area contributed by atoms with E-state index in [4.69, 9.17) is 11.6 Å². The largest absolute Gasteiger partial charge is 0.264 e. The highest BCUT2D eigenvalue weighted by molar-refractivity contribution is 7.92. The highest BCUT2D eigenvalue weighted by atomic mass is 35.5. The average Bonchev–Trinajstić information content (AvgIpc) is 2.63. The van der Waals surface area contributed by atoms with E-state index in [0.717, 1.165) is 5.56 Å². The van der Waals surface area contributed by atoms with E-state index in [1.54, 1.807) is 37.3 Å². The quantitative estimate of drug-likeness (QED) is 0.629. The van der Waals surface area contributed by atoms with Crippen LogP contribution in [-0.4, -0.2) is 8.42 Å². The maximum atomic E-state index is 13.4. The Morgan fingerprint density at radius 1 is 0.840 bits per heavy atom. The van der Waals surface area contributed by atoms with Crippen LogP contribution in [0.25, 0.3) is 0 Å². The summed E-state index contributed by atoms with van der Waals surface area (Å²) in [7, 11) is -3.76. The van der Waals surface area contributed by atoms with Crippen LogP contribution in [0.15, 0.2) is 83.8 Å². The van der Waals surface area contributed by atoms with Gasteiger partial charge in [-0.1, -0.05) is 66.2 Å². The van der Waals surface area contributed by atoms with E-state index in [2.05, 4.69) is 0 Å². The highest BCUT2D eigenvalue weighted by Gasteiger charge is 2.27. The molecule has 0 saturated carbocycles. The molecule has 3 aromatic rings. The molecular formula is C20H18ClNO2S. The Morgan fingerprint density at radius 2 is 1.44 bits per heavy atom. The number of sulfonamides is 1. The molecule has 128 valence electrons. The Hall–Kier alpha value is -2.30. The van der Waals surface area contributed by atoms with Crippen LogP contribution in [-0.2, 0) is 16.6 Å². The first-order valence-electron chi connectivity index (χ1n) is 7.87. The van der Waals surface area contributed by atoms with E-state index in [-0.39, 0.29) is 11.4 Å². The fourth-order valence-electron chi connectivity index (χ4n) is 2.64. The Bertz CT molecular complexity index is 958. The number of benzene rings is 3. The van der Waals surface area contributed by atoms with E-state index in [1.807, 2.05) is 48.5 Å². The van der Waals surface area contributed by atoms with E-state index >= 15 is 0 Å². The monoisotopic (exact) mass is 371 g/mol. The van der Waals surface area contributed by atoms with Gasteiger partial charge in [0, 0.05) is 5.02 Å². The van der Waals surface area contributed by atoms with Crippen molar-refractivity contribution in [3.8, 4) is 0 Å². The smallest absolute Gasteiger partial charge is 0.262 e. The third-order valence-electron chi connectivity index (χ3n) is 4.00. The molecule has 0 radical (unpaired) electrons. The van der Waals surface area contributed by atoms with Crippen LogP contribution in [0, 0.1) is 6.92 Å². The van der Waals surface area contributed by atoms with Gasteiger partial charge in [-0.2, -0.15) is 0 Å². The Balaban J connectivity index is 2.12. The van der Waals surface area contributed by atoms with Crippen molar-refractivity contribution in [3.63, 3.8) is 0 Å². The van der Waals surface area contributed by atoms with Crippen LogP contribution in [0.4, 0.5) is 5.69 Å². The maximum Gasteiger partial charge on any atom is 0.264 e. The number of halogens is 1. The van der Waals surface area contributed by atoms with Gasteiger partial charge in [0.15, 0.2) is 0 Å². The number of nitrogens with zero attached hydrogens (tertiary/aromatic N) is 1. The molecule has 0 heterocycles. The summed E-state index contributed by atoms with van der Waals surface area (Å²) in [6.45, 7) is 1.97. The SMILES string of the molecule is Cc1c(Cl)cccc1S(=O)(=O)N(Cc1ccccc1)c1ccccc1. The first-order chi connectivity index (χ1) is 12.0. The topological polar surface area (TPSA) is 37.4 Å². The van der Waals surface area contributed by atoms with Crippen molar-refractivity contribution >= 4 is 27.3 Å². The van der Waals surface area contributed by atoms with Gasteiger partial charge in [0.2, 0.25) is 0 Å². The zero-order valence-electron chi connectivity index (χ0n) is 13.8. The van der Waals surface area contributed by atoms with Gasteiger partial charge in [-0.15, -0.1) is 0 Å². The van der Waals surface area contributed by atoms with Crippen molar-refractivity contribution in [2.24, 2.45) is 0 Å². The summed E-state index contributed by atoms with van der Waals surface area (Å²) in [5.41, 5.74) is 2.08. The van der Waals surface area contributed by atoms with E-state index in [0.29, 0.717) is 16.3 Å². The Kier molecular flexibility index (Phi) is 5.11. The lowest BCUT2D eigenvalue weighted by Gasteiger charge is -2.25. The van der Waals surface area contributed by atoms with Crippen LogP contribution in [0.3, 0.4) is 0 Å². The number of hydrogen-bond donors (Lipinski definition) is 0. The molecule has 0 aliphatic rings. The van der Waals surface area contributed by atoms with Gasteiger partial charge in [-0.25, -0.2) is 8.42 Å². The third-order valence-corrected chi connectivity index (χ3v) is 6.33. The molecule has 25 heavy (non-hydrogen) atoms. The van der Waals surface area contributed by atoms with Crippen molar-refractivity contribution in [2.75, 3.05) is 4.31 Å². The lowest BCUT2D eigenvalue weighted by Crippen LogP contribution is -2.31. The van der Waals surface area contributed by atoms with Crippen molar-refractivity contribution < 1.29 is 8.42 Å². The van der Waals surface area contributed by atoms with Crippen LogP contribution in [0.2, 0.25) is 5.02 Å². The number of rotatable bonds is 5. The number of anilines is 1. The second-order valence-corrected chi connectivity index (χ2v) is 7.93. The molecule has 0 fully saturated rings. The summed E-state index contributed by atoms with van der Waals surface area (Å²) >= 11 is 6.15. The van der Waals surface area contributed by atoms with Gasteiger partial charge < -0.3 is 0 Å². The van der Waals surface area contributed by atoms with Crippen molar-refractivity contribution in [3.05, 3.63) is 95.0 Å². The molecule has 0 aliphatic heterocycles. The minimum atomic E-state index is -3.76. The summed E-state index contributed by atoms with van der Waals surface area (Å²) in [4.78, 5) is 0.222. The van der Waals surface area contributed by atoms with Gasteiger partial charge in [-0.3, -0.25) is 4.31 Å². The molecule has 0 bridgehead atoms. The summed E-state index contributed by atoms with van der Waals surface area (Å²) in [6.07, 6.45) is 0. The summed E-state index contributed by atoms with van der Waals surface area (Å²) in [5, 5.41) is 0.439. The highest BCUT2D eigenvalue weighted by Crippen LogP contribution is 2.30. The van der Waals surface area contributed by atoms with Crippen molar-refractivity contribution in [1.82, 2.24) is 0 Å². The molecule has 0 saturated heterocycles. The molecule has 3 nitrogen and oxygen atoms in total. The van der Waals surface area contributed by atoms with Crippen LogP contribution in [0.1, 0.15) is 11.1 Å². The average molecular weight is 372 g/mol. The molecule has 0 atom stereocenters. The molecule has 0 N–H and O–H groups in total. The van der Waals surface area contributed by atoms with Crippen LogP contribution >= 0.6 is 11.6 Å². The zero-order chi connectivity index (χ0) is 17.9. The van der Waals surface area contributed by atoms with Gasteiger partial charge in [0.25, 0.3) is 10.0 Å². The van der Waals surface area contributed by atoms with Crippen molar-refractivity contribution in [2.45, 2.75) is 18.4 Å². The van der Waals surface area contributed by atoms with Gasteiger partial charge in [0.1, 0.15) is 0 Å². The molecule has 3 rings (SSSR count). The molecule has 0 unspecified atom stereocenters. The zero-order valence-corrected chi connectivity index (χ0v) is 15.3. The van der Waals surface area contributed by atoms with Gasteiger partial charge in [-0.05, 0) is 42.3 Å². The maximum absolute atomic E-state index is 13.4. The predicted molar refractivity (Wildman–Crippen MR) is 102 cm³/mol. The second kappa shape index (κ2) is 7.30. The minimum absolute atomic E-state index is 0.222. The fraction of sp³-hybridized carbons (Fsp3) is 0.100. The first kappa shape index (κ1) is 17.5. The normalized spacial score (nSPS) is 11.3. The summed E-state index contributed by atoms with van der Waals surface area (Å²) in [5.74, 6) is 0. The first-order valence-corrected chi connectivity index (χ1v) is 9.69. The van der Waals surface area contributed by atoms with Gasteiger partial charge in [0.05, 0.1) is 17.1 Å². The second-order valence-electron chi connectivity index (χ2n) is 5.70. The molecular weight excluding hydrogens is 354 g/mol. The Morgan fingerprint density at radius 3 is 2.08 bits per heavy atom. The molecule has 3 aromatic carbocycles. The molecule has 5 heteroatoms. The Labute approximate surface area is 153 Å². The number of para-hydroxylation sites is 1. The lowest BCUT2D eigenvalue weighted by molar-refractivity contribution is 0.590. The lowest BCUT2D eigenvalue weighted by atomic mass is 10.2. The van der Waals surface area contributed by atoms with Crippen LogP contribution in [0.5, 0.6) is 0 Å². The van der Waals surface area contributed by atoms with Crippen LogP contribution < -0.4 is 4.31 Å². The van der Waals surface area contributed by atoms with Crippen molar-refractivity contribution in [1.29, 1.82) is 0 Å². The van der Waals surface area contributed by atoms with E-state index in [1.165, 1.54) is 4.31 Å². The minimum Gasteiger partial charge on any atom is -0.262 e. The molecule has 0 aliphatic carbocycles. The predicted octanol–water partition coefficient (Wildman–Crippen LogP) is 5.04. The molecule has 0 spiro atoms. The van der Waals surface area contributed by atoms with E-state index in [9.17, 15) is 8.42 Å². The summed E-state index contributed by atoms with van der Waals surface area (Å²) < 4.78 is 28.2. The summed E-state index contributed by atoms with van der Waals surface area (Å²) in [6, 6.07) is 23.6. The fourth-order valence-corrected chi connectivity index (χ4v) is 4.58. The third kappa shape index (κ3) is 3.70. The molecule has 0 amide bonds. The van der Waals surface area contributed by atoms with Gasteiger partial charge >= 0.3 is 0 Å².